The van der Waals surface area contributed by atoms with Gasteiger partial charge in [0, 0.05) is 31.0 Å². The van der Waals surface area contributed by atoms with Gasteiger partial charge in [-0.05, 0) is 13.0 Å². The Balaban J connectivity index is 2.14. The third kappa shape index (κ3) is 3.53. The van der Waals surface area contributed by atoms with Gasteiger partial charge in [0.25, 0.3) is 5.91 Å². The van der Waals surface area contributed by atoms with Crippen molar-refractivity contribution >= 4 is 5.91 Å². The fourth-order valence-corrected chi connectivity index (χ4v) is 1.96. The highest BCUT2D eigenvalue weighted by atomic mass is 16.5. The van der Waals surface area contributed by atoms with Gasteiger partial charge in [0.1, 0.15) is 0 Å². The quantitative estimate of drug-likeness (QED) is 0.734. The Labute approximate surface area is 112 Å². The van der Waals surface area contributed by atoms with E-state index < -0.39 is 0 Å². The lowest BCUT2D eigenvalue weighted by Gasteiger charge is -2.31. The average Bonchev–Trinajstić information content (AvgIpc) is 2.44. The lowest BCUT2D eigenvalue weighted by Crippen LogP contribution is -2.44. The van der Waals surface area contributed by atoms with Crippen LogP contribution in [0.3, 0.4) is 0 Å². The van der Waals surface area contributed by atoms with Crippen LogP contribution < -0.4 is 5.73 Å². The Morgan fingerprint density at radius 2 is 2.47 bits per heavy atom. The van der Waals surface area contributed by atoms with Crippen molar-refractivity contribution in [2.24, 2.45) is 5.73 Å². The molecule has 0 bridgehead atoms. The maximum absolute atomic E-state index is 12.3. The maximum Gasteiger partial charge on any atom is 0.255 e. The Hall–Kier alpha value is -1.90. The van der Waals surface area contributed by atoms with Crippen LogP contribution in [0.4, 0.5) is 0 Å². The van der Waals surface area contributed by atoms with Crippen molar-refractivity contribution in [3.05, 3.63) is 29.6 Å². The Morgan fingerprint density at radius 3 is 3.21 bits per heavy atom. The van der Waals surface area contributed by atoms with Crippen molar-refractivity contribution in [1.29, 1.82) is 0 Å². The van der Waals surface area contributed by atoms with Crippen molar-refractivity contribution in [3.63, 3.8) is 0 Å². The predicted octanol–water partition coefficient (Wildman–Crippen LogP) is 0.253. The lowest BCUT2D eigenvalue weighted by molar-refractivity contribution is -0.0124. The van der Waals surface area contributed by atoms with Crippen molar-refractivity contribution in [1.82, 2.24) is 9.88 Å². The third-order valence-corrected chi connectivity index (χ3v) is 2.85. The molecule has 1 saturated heterocycles. The number of nitrogens with zero attached hydrogens (tertiary/aromatic N) is 2. The van der Waals surface area contributed by atoms with Crippen LogP contribution in [0.15, 0.2) is 18.5 Å². The highest BCUT2D eigenvalue weighted by Gasteiger charge is 2.22. The molecule has 100 valence electrons. The van der Waals surface area contributed by atoms with Gasteiger partial charge >= 0.3 is 0 Å². The van der Waals surface area contributed by atoms with Gasteiger partial charge in [-0.2, -0.15) is 0 Å². The number of hydrogen-bond donors (Lipinski definition) is 1. The van der Waals surface area contributed by atoms with E-state index in [1.165, 1.54) is 0 Å². The monoisotopic (exact) mass is 259 g/mol. The molecule has 1 aliphatic rings. The second-order valence-corrected chi connectivity index (χ2v) is 4.40. The van der Waals surface area contributed by atoms with Gasteiger partial charge in [-0.25, -0.2) is 0 Å². The van der Waals surface area contributed by atoms with Crippen LogP contribution in [0.2, 0.25) is 0 Å². The van der Waals surface area contributed by atoms with Crippen LogP contribution in [0.25, 0.3) is 0 Å². The molecule has 0 aliphatic carbocycles. The summed E-state index contributed by atoms with van der Waals surface area (Å²) in [6, 6.07) is 1.75. The van der Waals surface area contributed by atoms with Crippen LogP contribution in [0.5, 0.6) is 0 Å². The number of aromatic nitrogens is 1. The third-order valence-electron chi connectivity index (χ3n) is 2.85. The molecular formula is C14H17N3O2. The zero-order valence-electron chi connectivity index (χ0n) is 10.9. The summed E-state index contributed by atoms with van der Waals surface area (Å²) < 4.78 is 5.43. The van der Waals surface area contributed by atoms with Crippen molar-refractivity contribution in [2.45, 2.75) is 13.0 Å². The van der Waals surface area contributed by atoms with Gasteiger partial charge < -0.3 is 15.4 Å². The summed E-state index contributed by atoms with van der Waals surface area (Å²) in [6.07, 6.45) is 3.27. The number of carbonyl (C=O) groups is 1. The normalized spacial score (nSPS) is 18.6. The van der Waals surface area contributed by atoms with E-state index in [0.29, 0.717) is 37.4 Å². The van der Waals surface area contributed by atoms with Crippen molar-refractivity contribution < 1.29 is 9.53 Å². The zero-order chi connectivity index (χ0) is 13.7. The molecule has 1 atom stereocenters. The molecule has 2 rings (SSSR count). The summed E-state index contributed by atoms with van der Waals surface area (Å²) >= 11 is 0. The summed E-state index contributed by atoms with van der Waals surface area (Å²) in [5.74, 6) is 5.60. The lowest BCUT2D eigenvalue weighted by atomic mass is 10.1. The first-order valence-corrected chi connectivity index (χ1v) is 6.25. The van der Waals surface area contributed by atoms with E-state index >= 15 is 0 Å². The Kier molecular flexibility index (Phi) is 4.50. The fraction of sp³-hybridized carbons (Fsp3) is 0.429. The number of nitrogens with two attached hydrogens (primary N) is 1. The van der Waals surface area contributed by atoms with E-state index in [9.17, 15) is 4.79 Å². The number of rotatable bonds is 1. The van der Waals surface area contributed by atoms with Gasteiger partial charge in [-0.3, -0.25) is 9.78 Å². The van der Waals surface area contributed by atoms with Crippen molar-refractivity contribution in [2.75, 3.05) is 26.2 Å². The van der Waals surface area contributed by atoms with Crippen molar-refractivity contribution in [3.8, 4) is 11.8 Å². The van der Waals surface area contributed by atoms with Crippen LogP contribution in [0.1, 0.15) is 22.8 Å². The smallest absolute Gasteiger partial charge is 0.255 e. The SMILES string of the molecule is CC1CN(C(=O)c2cncc(C#CCN)c2)CCO1. The number of ether oxygens (including phenoxy) is 1. The molecular weight excluding hydrogens is 242 g/mol. The largest absolute Gasteiger partial charge is 0.375 e. The fourth-order valence-electron chi connectivity index (χ4n) is 1.96. The van der Waals surface area contributed by atoms with Crippen LogP contribution >= 0.6 is 0 Å². The standard InChI is InChI=1S/C14H17N3O2/c1-11-10-17(5-6-19-11)14(18)13-7-12(3-2-4-15)8-16-9-13/h7-9,11H,4-6,10,15H2,1H3. The number of pyridine rings is 1. The van der Waals surface area contributed by atoms with Crippen LogP contribution in [-0.4, -0.2) is 48.1 Å². The first-order chi connectivity index (χ1) is 9.20. The van der Waals surface area contributed by atoms with Gasteiger partial charge in [0.2, 0.25) is 0 Å². The number of amides is 1. The molecule has 0 saturated carbocycles. The highest BCUT2D eigenvalue weighted by Crippen LogP contribution is 2.10. The molecule has 1 aromatic rings. The Bertz CT molecular complexity index is 519. The summed E-state index contributed by atoms with van der Waals surface area (Å²) in [5.41, 5.74) is 6.58. The van der Waals surface area contributed by atoms with E-state index in [1.54, 1.807) is 23.4 Å². The van der Waals surface area contributed by atoms with E-state index in [4.69, 9.17) is 10.5 Å². The average molecular weight is 259 g/mol. The first-order valence-electron chi connectivity index (χ1n) is 6.25. The minimum Gasteiger partial charge on any atom is -0.375 e. The molecule has 19 heavy (non-hydrogen) atoms. The molecule has 2 N–H and O–H groups in total. The molecule has 0 radical (unpaired) electrons. The number of morpholine rings is 1. The zero-order valence-corrected chi connectivity index (χ0v) is 10.9. The molecule has 1 aliphatic heterocycles. The minimum absolute atomic E-state index is 0.0287. The first kappa shape index (κ1) is 13.5. The molecule has 2 heterocycles. The van der Waals surface area contributed by atoms with Gasteiger partial charge in [-0.15, -0.1) is 0 Å². The second-order valence-electron chi connectivity index (χ2n) is 4.40. The van der Waals surface area contributed by atoms with Gasteiger partial charge in [-0.1, -0.05) is 11.8 Å². The van der Waals surface area contributed by atoms with Gasteiger partial charge in [0.05, 0.1) is 24.8 Å². The second kappa shape index (κ2) is 6.32. The summed E-state index contributed by atoms with van der Waals surface area (Å²) in [6.45, 7) is 4.05. The van der Waals surface area contributed by atoms with Crippen LogP contribution in [-0.2, 0) is 4.74 Å². The van der Waals surface area contributed by atoms with Crippen LogP contribution in [0, 0.1) is 11.8 Å². The molecule has 0 aromatic carbocycles. The summed E-state index contributed by atoms with van der Waals surface area (Å²) in [5, 5.41) is 0. The highest BCUT2D eigenvalue weighted by molar-refractivity contribution is 5.94. The van der Waals surface area contributed by atoms with E-state index in [1.807, 2.05) is 6.92 Å². The molecule has 1 amide bonds. The summed E-state index contributed by atoms with van der Waals surface area (Å²) in [4.78, 5) is 18.2. The summed E-state index contributed by atoms with van der Waals surface area (Å²) in [7, 11) is 0. The Morgan fingerprint density at radius 1 is 1.63 bits per heavy atom. The molecule has 0 spiro atoms. The van der Waals surface area contributed by atoms with E-state index in [-0.39, 0.29) is 12.0 Å². The maximum atomic E-state index is 12.3. The molecule has 1 fully saturated rings. The predicted molar refractivity (Wildman–Crippen MR) is 71.5 cm³/mol. The molecule has 5 heteroatoms. The number of carbonyl (C=O) groups excluding carboxylic acids is 1. The minimum atomic E-state index is -0.0287. The van der Waals surface area contributed by atoms with E-state index in [2.05, 4.69) is 16.8 Å². The molecule has 1 unspecified atom stereocenters. The van der Waals surface area contributed by atoms with Gasteiger partial charge in [0.15, 0.2) is 0 Å². The number of hydrogen-bond acceptors (Lipinski definition) is 4. The molecule has 5 nitrogen and oxygen atoms in total. The topological polar surface area (TPSA) is 68.5 Å². The van der Waals surface area contributed by atoms with E-state index in [0.717, 1.165) is 0 Å². The molecule has 1 aromatic heterocycles.